The Morgan fingerprint density at radius 3 is 2.67 bits per heavy atom. The number of unbranched alkanes of at least 4 members (excludes halogenated alkanes) is 1. The summed E-state index contributed by atoms with van der Waals surface area (Å²) in [6, 6.07) is 0.128. The summed E-state index contributed by atoms with van der Waals surface area (Å²) in [5.41, 5.74) is 8.73. The van der Waals surface area contributed by atoms with Crippen LogP contribution in [0, 0.1) is 0 Å². The second kappa shape index (κ2) is 9.01. The number of carbonyl (C=O) groups is 1. The molecule has 1 aromatic rings. The standard InChI is InChI=1S/C20H33N5O5/c1-19(29)13-20(30-12-15(19)25-9-5-16(26)23-18(25)28)6-10-24(11-7-20)17(27)14(22)4-2-3-8-21/h5,9,14-15,29H,2-4,6-8,10-13,21-22H2,1H3,(H,23,26,28)/t14-,15-,19-/m0/s1. The van der Waals surface area contributed by atoms with E-state index < -0.39 is 34.5 Å². The Labute approximate surface area is 175 Å². The minimum atomic E-state index is -1.20. The van der Waals surface area contributed by atoms with Crippen LogP contribution in [-0.2, 0) is 9.53 Å². The predicted octanol–water partition coefficient (Wildman–Crippen LogP) is -0.933. The molecular formula is C20H33N5O5. The molecule has 3 heterocycles. The van der Waals surface area contributed by atoms with Gasteiger partial charge in [-0.15, -0.1) is 0 Å². The summed E-state index contributed by atoms with van der Waals surface area (Å²) in [5.74, 6) is -0.0536. The third kappa shape index (κ3) is 4.83. The monoisotopic (exact) mass is 423 g/mol. The van der Waals surface area contributed by atoms with E-state index in [0.717, 1.165) is 12.8 Å². The molecule has 0 bridgehead atoms. The molecule has 30 heavy (non-hydrogen) atoms. The lowest BCUT2D eigenvalue weighted by molar-refractivity contribution is -0.198. The van der Waals surface area contributed by atoms with Gasteiger partial charge in [0, 0.05) is 31.8 Å². The van der Waals surface area contributed by atoms with Gasteiger partial charge in [0.05, 0.1) is 29.9 Å². The highest BCUT2D eigenvalue weighted by atomic mass is 16.5. The molecule has 1 amide bonds. The molecule has 168 valence electrons. The van der Waals surface area contributed by atoms with Crippen molar-refractivity contribution < 1.29 is 14.6 Å². The molecule has 0 saturated carbocycles. The van der Waals surface area contributed by atoms with E-state index in [4.69, 9.17) is 16.2 Å². The highest BCUT2D eigenvalue weighted by Crippen LogP contribution is 2.43. The summed E-state index contributed by atoms with van der Waals surface area (Å²) < 4.78 is 7.48. The van der Waals surface area contributed by atoms with E-state index in [2.05, 4.69) is 4.98 Å². The zero-order chi connectivity index (χ0) is 21.9. The van der Waals surface area contributed by atoms with E-state index in [1.165, 1.54) is 16.8 Å². The second-order valence-electron chi connectivity index (χ2n) is 8.78. The number of rotatable bonds is 6. The van der Waals surface area contributed by atoms with E-state index in [9.17, 15) is 19.5 Å². The first-order valence-corrected chi connectivity index (χ1v) is 10.6. The van der Waals surface area contributed by atoms with Crippen LogP contribution < -0.4 is 22.7 Å². The first kappa shape index (κ1) is 22.7. The van der Waals surface area contributed by atoms with Crippen LogP contribution in [0.25, 0.3) is 0 Å². The Morgan fingerprint density at radius 2 is 2.07 bits per heavy atom. The fourth-order valence-electron chi connectivity index (χ4n) is 4.63. The number of carbonyl (C=O) groups excluding carboxylic acids is 1. The number of nitrogens with two attached hydrogens (primary N) is 2. The molecule has 10 nitrogen and oxygen atoms in total. The SMILES string of the molecule is C[C@]1(O)CC2(CCN(C(=O)[C@@H](N)CCCCN)CC2)OC[C@@H]1n1ccc(=O)[nH]c1=O. The molecule has 2 aliphatic heterocycles. The van der Waals surface area contributed by atoms with Crippen molar-refractivity contribution in [2.45, 2.75) is 68.7 Å². The van der Waals surface area contributed by atoms with Gasteiger partial charge in [-0.3, -0.25) is 19.1 Å². The fraction of sp³-hybridized carbons (Fsp3) is 0.750. The molecular weight excluding hydrogens is 390 g/mol. The van der Waals surface area contributed by atoms with E-state index in [1.807, 2.05) is 0 Å². The molecule has 10 heteroatoms. The van der Waals surface area contributed by atoms with Gasteiger partial charge in [-0.2, -0.15) is 0 Å². The number of hydrogen-bond donors (Lipinski definition) is 4. The number of nitrogens with zero attached hydrogens (tertiary/aromatic N) is 2. The van der Waals surface area contributed by atoms with Crippen LogP contribution in [-0.4, -0.2) is 68.9 Å². The van der Waals surface area contributed by atoms with Crippen molar-refractivity contribution in [3.8, 4) is 0 Å². The van der Waals surface area contributed by atoms with Gasteiger partial charge in [0.25, 0.3) is 5.56 Å². The van der Waals surface area contributed by atoms with E-state index in [0.29, 0.717) is 45.3 Å². The Balaban J connectivity index is 1.62. The summed E-state index contributed by atoms with van der Waals surface area (Å²) in [4.78, 5) is 40.1. The third-order valence-electron chi connectivity index (χ3n) is 6.41. The maximum Gasteiger partial charge on any atom is 0.328 e. The highest BCUT2D eigenvalue weighted by Gasteiger charge is 2.50. The van der Waals surface area contributed by atoms with Crippen LogP contribution in [0.1, 0.15) is 51.5 Å². The van der Waals surface area contributed by atoms with Gasteiger partial charge in [0.15, 0.2) is 0 Å². The number of aliphatic hydroxyl groups is 1. The van der Waals surface area contributed by atoms with Crippen LogP contribution >= 0.6 is 0 Å². The van der Waals surface area contributed by atoms with Crippen molar-refractivity contribution in [2.75, 3.05) is 26.2 Å². The van der Waals surface area contributed by atoms with Crippen LogP contribution in [0.3, 0.4) is 0 Å². The number of hydrogen-bond acceptors (Lipinski definition) is 7. The van der Waals surface area contributed by atoms with Gasteiger partial charge in [-0.25, -0.2) is 4.79 Å². The van der Waals surface area contributed by atoms with Crippen molar-refractivity contribution in [2.24, 2.45) is 11.5 Å². The lowest BCUT2D eigenvalue weighted by Gasteiger charge is -2.51. The molecule has 6 N–H and O–H groups in total. The molecule has 1 aromatic heterocycles. The second-order valence-corrected chi connectivity index (χ2v) is 8.78. The minimum Gasteiger partial charge on any atom is -0.388 e. The number of nitrogens with one attached hydrogen (secondary N) is 1. The maximum absolute atomic E-state index is 12.6. The zero-order valence-corrected chi connectivity index (χ0v) is 17.5. The molecule has 0 aromatic carbocycles. The molecule has 3 atom stereocenters. The first-order valence-electron chi connectivity index (χ1n) is 10.6. The van der Waals surface area contributed by atoms with E-state index >= 15 is 0 Å². The Hall–Kier alpha value is -2.01. The molecule has 2 fully saturated rings. The molecule has 2 aliphatic rings. The van der Waals surface area contributed by atoms with Crippen LogP contribution in [0.15, 0.2) is 21.9 Å². The van der Waals surface area contributed by atoms with Gasteiger partial charge < -0.3 is 26.2 Å². The minimum absolute atomic E-state index is 0.0536. The molecule has 2 saturated heterocycles. The smallest absolute Gasteiger partial charge is 0.328 e. The molecule has 0 aliphatic carbocycles. The van der Waals surface area contributed by atoms with Gasteiger partial charge in [0.2, 0.25) is 5.91 Å². The number of aromatic nitrogens is 2. The zero-order valence-electron chi connectivity index (χ0n) is 17.5. The number of amides is 1. The van der Waals surface area contributed by atoms with Crippen LogP contribution in [0.2, 0.25) is 0 Å². The Morgan fingerprint density at radius 1 is 1.37 bits per heavy atom. The van der Waals surface area contributed by atoms with Gasteiger partial charge >= 0.3 is 5.69 Å². The van der Waals surface area contributed by atoms with Crippen molar-refractivity contribution in [3.63, 3.8) is 0 Å². The van der Waals surface area contributed by atoms with Crippen LogP contribution in [0.5, 0.6) is 0 Å². The highest BCUT2D eigenvalue weighted by molar-refractivity contribution is 5.81. The van der Waals surface area contributed by atoms with Crippen LogP contribution in [0.4, 0.5) is 0 Å². The number of piperidine rings is 1. The lowest BCUT2D eigenvalue weighted by Crippen LogP contribution is -2.60. The summed E-state index contributed by atoms with van der Waals surface area (Å²) in [6.45, 7) is 3.46. The molecule has 1 spiro atoms. The van der Waals surface area contributed by atoms with Gasteiger partial charge in [-0.1, -0.05) is 6.42 Å². The largest absolute Gasteiger partial charge is 0.388 e. The number of ether oxygens (including phenoxy) is 1. The van der Waals surface area contributed by atoms with Crippen molar-refractivity contribution in [1.29, 1.82) is 0 Å². The summed E-state index contributed by atoms with van der Waals surface area (Å²) >= 11 is 0. The number of aromatic amines is 1. The maximum atomic E-state index is 12.6. The molecule has 0 radical (unpaired) electrons. The summed E-state index contributed by atoms with van der Waals surface area (Å²) in [5, 5.41) is 11.1. The average molecular weight is 424 g/mol. The van der Waals surface area contributed by atoms with Crippen molar-refractivity contribution in [3.05, 3.63) is 33.1 Å². The summed E-state index contributed by atoms with van der Waals surface area (Å²) in [6.07, 6.45) is 5.22. The number of likely N-dealkylation sites (tertiary alicyclic amines) is 1. The van der Waals surface area contributed by atoms with Crippen molar-refractivity contribution >= 4 is 5.91 Å². The Bertz CT molecular complexity index is 856. The van der Waals surface area contributed by atoms with E-state index in [-0.39, 0.29) is 12.5 Å². The fourth-order valence-corrected chi connectivity index (χ4v) is 4.63. The van der Waals surface area contributed by atoms with Crippen molar-refractivity contribution in [1.82, 2.24) is 14.5 Å². The quantitative estimate of drug-likeness (QED) is 0.430. The third-order valence-corrected chi connectivity index (χ3v) is 6.41. The van der Waals surface area contributed by atoms with Gasteiger partial charge in [0.1, 0.15) is 0 Å². The first-order chi connectivity index (χ1) is 14.2. The Kier molecular flexibility index (Phi) is 6.81. The average Bonchev–Trinajstić information content (AvgIpc) is 2.68. The van der Waals surface area contributed by atoms with E-state index in [1.54, 1.807) is 11.8 Å². The summed E-state index contributed by atoms with van der Waals surface area (Å²) in [7, 11) is 0. The molecule has 0 unspecified atom stereocenters. The van der Waals surface area contributed by atoms with Gasteiger partial charge in [-0.05, 0) is 39.2 Å². The molecule has 3 rings (SSSR count). The lowest BCUT2D eigenvalue weighted by atomic mass is 9.75. The topological polar surface area (TPSA) is 157 Å². The normalized spacial score (nSPS) is 27.2. The predicted molar refractivity (Wildman–Crippen MR) is 111 cm³/mol. The number of H-pyrrole nitrogens is 1.